The maximum atomic E-state index is 13.4. The highest BCUT2D eigenvalue weighted by Gasteiger charge is 2.55. The van der Waals surface area contributed by atoms with Crippen molar-refractivity contribution < 1.29 is 28.6 Å². The van der Waals surface area contributed by atoms with E-state index in [-0.39, 0.29) is 48.1 Å². The first-order valence-corrected chi connectivity index (χ1v) is 13.5. The Balaban J connectivity index is 1.31. The van der Waals surface area contributed by atoms with E-state index >= 15 is 0 Å². The topological polar surface area (TPSA) is 94.2 Å². The summed E-state index contributed by atoms with van der Waals surface area (Å²) in [6.07, 6.45) is 1.73. The SMILES string of the molecule is COc1ccc(COC(=O)C2=C(C3CCC(C)O3)CS[C@@H]3[C@H](NC(=O)Cc4ccccc4)C(=O)N23)cc1. The van der Waals surface area contributed by atoms with E-state index in [4.69, 9.17) is 14.2 Å². The normalized spacial score (nSPS) is 24.8. The molecule has 2 unspecified atom stereocenters. The molecule has 8 nitrogen and oxygen atoms in total. The van der Waals surface area contributed by atoms with Gasteiger partial charge in [-0.3, -0.25) is 14.5 Å². The summed E-state index contributed by atoms with van der Waals surface area (Å²) in [7, 11) is 1.59. The summed E-state index contributed by atoms with van der Waals surface area (Å²) in [5.41, 5.74) is 2.73. The van der Waals surface area contributed by atoms with E-state index in [2.05, 4.69) is 5.32 Å². The highest BCUT2D eigenvalue weighted by Crippen LogP contribution is 2.43. The number of esters is 1. The minimum Gasteiger partial charge on any atom is -0.497 e. The number of nitrogens with one attached hydrogen (secondary N) is 1. The zero-order valence-electron chi connectivity index (χ0n) is 20.8. The Hall–Kier alpha value is -3.30. The number of hydrogen-bond acceptors (Lipinski definition) is 7. The van der Waals surface area contributed by atoms with Gasteiger partial charge in [0.15, 0.2) is 0 Å². The molecular weight excluding hydrogens is 492 g/mol. The molecule has 194 valence electrons. The number of fused-ring (bicyclic) bond motifs is 1. The van der Waals surface area contributed by atoms with Crippen LogP contribution in [-0.2, 0) is 36.9 Å². The summed E-state index contributed by atoms with van der Waals surface area (Å²) >= 11 is 1.54. The van der Waals surface area contributed by atoms with Crippen LogP contribution in [0.4, 0.5) is 0 Å². The number of carbonyl (C=O) groups is 3. The number of nitrogens with zero attached hydrogens (tertiary/aromatic N) is 1. The van der Waals surface area contributed by atoms with Crippen LogP contribution in [0.25, 0.3) is 0 Å². The van der Waals surface area contributed by atoms with Gasteiger partial charge in [0.25, 0.3) is 5.91 Å². The molecule has 37 heavy (non-hydrogen) atoms. The Morgan fingerprint density at radius 1 is 1.08 bits per heavy atom. The van der Waals surface area contributed by atoms with Crippen molar-refractivity contribution in [3.8, 4) is 5.75 Å². The lowest BCUT2D eigenvalue weighted by molar-refractivity contribution is -0.153. The molecule has 0 radical (unpaired) electrons. The average Bonchev–Trinajstić information content (AvgIpc) is 3.36. The van der Waals surface area contributed by atoms with E-state index in [1.54, 1.807) is 19.2 Å². The number of ether oxygens (including phenoxy) is 3. The summed E-state index contributed by atoms with van der Waals surface area (Å²) in [5.74, 6) is 0.159. The minimum absolute atomic E-state index is 0.0681. The Labute approximate surface area is 220 Å². The molecule has 0 spiro atoms. The molecule has 9 heteroatoms. The van der Waals surface area contributed by atoms with Crippen LogP contribution in [0.2, 0.25) is 0 Å². The van der Waals surface area contributed by atoms with Crippen LogP contribution < -0.4 is 10.1 Å². The fourth-order valence-electron chi connectivity index (χ4n) is 4.88. The largest absolute Gasteiger partial charge is 0.497 e. The second-order valence-corrected chi connectivity index (χ2v) is 10.5. The standard InChI is InChI=1S/C28H30N2O6S/c1-17-8-13-22(36-17)21-16-37-27-24(29-23(31)14-18-6-4-3-5-7-18)26(32)30(27)25(21)28(33)35-15-19-9-11-20(34-2)12-10-19/h3-7,9-12,17,22,24,27H,8,13-16H2,1-2H3,(H,29,31)/t17?,22?,24-,27-/m1/s1. The molecule has 2 amide bonds. The number of β-lactam (4-membered cyclic amide) rings is 1. The van der Waals surface area contributed by atoms with Crippen molar-refractivity contribution in [2.45, 2.75) is 56.4 Å². The van der Waals surface area contributed by atoms with Gasteiger partial charge in [0.05, 0.1) is 25.7 Å². The molecule has 2 saturated heterocycles. The Morgan fingerprint density at radius 2 is 1.84 bits per heavy atom. The van der Waals surface area contributed by atoms with Gasteiger partial charge in [-0.05, 0) is 48.6 Å². The Kier molecular flexibility index (Phi) is 7.53. The van der Waals surface area contributed by atoms with Crippen LogP contribution in [-0.4, -0.2) is 59.2 Å². The summed E-state index contributed by atoms with van der Waals surface area (Å²) in [6, 6.07) is 16.0. The van der Waals surface area contributed by atoms with Gasteiger partial charge in [-0.1, -0.05) is 42.5 Å². The second-order valence-electron chi connectivity index (χ2n) is 9.43. The molecule has 0 aliphatic carbocycles. The van der Waals surface area contributed by atoms with Gasteiger partial charge in [0.2, 0.25) is 5.91 Å². The summed E-state index contributed by atoms with van der Waals surface area (Å²) in [6.45, 7) is 2.08. The Morgan fingerprint density at radius 3 is 2.51 bits per heavy atom. The molecule has 2 aromatic carbocycles. The smallest absolute Gasteiger partial charge is 0.355 e. The molecule has 0 aromatic heterocycles. The molecule has 1 N–H and O–H groups in total. The zero-order valence-corrected chi connectivity index (χ0v) is 21.7. The average molecular weight is 523 g/mol. The molecule has 2 fully saturated rings. The summed E-state index contributed by atoms with van der Waals surface area (Å²) < 4.78 is 16.9. The molecule has 2 aromatic rings. The zero-order chi connectivity index (χ0) is 25.9. The van der Waals surface area contributed by atoms with Gasteiger partial charge in [-0.15, -0.1) is 11.8 Å². The molecule has 4 atom stereocenters. The maximum Gasteiger partial charge on any atom is 0.355 e. The highest BCUT2D eigenvalue weighted by atomic mass is 32.2. The third-order valence-electron chi connectivity index (χ3n) is 6.86. The molecule has 5 rings (SSSR count). The van der Waals surface area contributed by atoms with Gasteiger partial charge in [-0.25, -0.2) is 4.79 Å². The van der Waals surface area contributed by atoms with Crippen molar-refractivity contribution >= 4 is 29.5 Å². The van der Waals surface area contributed by atoms with Crippen molar-refractivity contribution in [1.82, 2.24) is 10.2 Å². The lowest BCUT2D eigenvalue weighted by Crippen LogP contribution is -2.71. The van der Waals surface area contributed by atoms with Crippen LogP contribution in [0.3, 0.4) is 0 Å². The van der Waals surface area contributed by atoms with E-state index in [0.717, 1.165) is 29.5 Å². The maximum absolute atomic E-state index is 13.4. The number of rotatable bonds is 8. The monoisotopic (exact) mass is 522 g/mol. The molecular formula is C28H30N2O6S. The first-order valence-electron chi connectivity index (χ1n) is 12.4. The second kappa shape index (κ2) is 11.0. The third-order valence-corrected chi connectivity index (χ3v) is 8.17. The number of methoxy groups -OCH3 is 1. The lowest BCUT2D eigenvalue weighted by atomic mass is 9.98. The number of hydrogen-bond donors (Lipinski definition) is 1. The van der Waals surface area contributed by atoms with E-state index in [9.17, 15) is 14.4 Å². The van der Waals surface area contributed by atoms with Crippen molar-refractivity contribution in [2.24, 2.45) is 0 Å². The first-order chi connectivity index (χ1) is 17.9. The van der Waals surface area contributed by atoms with E-state index in [1.165, 1.54) is 16.7 Å². The van der Waals surface area contributed by atoms with Gasteiger partial charge >= 0.3 is 5.97 Å². The van der Waals surface area contributed by atoms with E-state index in [0.29, 0.717) is 11.5 Å². The van der Waals surface area contributed by atoms with Crippen molar-refractivity contribution in [3.63, 3.8) is 0 Å². The lowest BCUT2D eigenvalue weighted by Gasteiger charge is -2.50. The van der Waals surface area contributed by atoms with Crippen molar-refractivity contribution in [1.29, 1.82) is 0 Å². The number of amides is 2. The summed E-state index contributed by atoms with van der Waals surface area (Å²) in [4.78, 5) is 40.8. The highest BCUT2D eigenvalue weighted by molar-refractivity contribution is 8.00. The molecule has 3 heterocycles. The van der Waals surface area contributed by atoms with E-state index in [1.807, 2.05) is 49.4 Å². The van der Waals surface area contributed by atoms with Crippen LogP contribution in [0.1, 0.15) is 30.9 Å². The van der Waals surface area contributed by atoms with E-state index < -0.39 is 12.0 Å². The van der Waals surface area contributed by atoms with Crippen LogP contribution in [0, 0.1) is 0 Å². The quantitative estimate of drug-likeness (QED) is 0.420. The van der Waals surface area contributed by atoms with Crippen LogP contribution in [0.15, 0.2) is 65.9 Å². The molecule has 3 aliphatic heterocycles. The predicted octanol–water partition coefficient (Wildman–Crippen LogP) is 3.20. The van der Waals surface area contributed by atoms with Gasteiger partial charge in [0, 0.05) is 5.75 Å². The summed E-state index contributed by atoms with van der Waals surface area (Å²) in [5, 5.41) is 2.50. The van der Waals surface area contributed by atoms with Crippen molar-refractivity contribution in [2.75, 3.05) is 12.9 Å². The molecule has 0 saturated carbocycles. The van der Waals surface area contributed by atoms with Crippen molar-refractivity contribution in [3.05, 3.63) is 77.0 Å². The van der Waals surface area contributed by atoms with Gasteiger partial charge in [0.1, 0.15) is 29.5 Å². The minimum atomic E-state index is -0.685. The molecule has 3 aliphatic rings. The van der Waals surface area contributed by atoms with Crippen LogP contribution >= 0.6 is 11.8 Å². The van der Waals surface area contributed by atoms with Gasteiger partial charge in [-0.2, -0.15) is 0 Å². The Bertz CT molecular complexity index is 1200. The number of benzene rings is 2. The van der Waals surface area contributed by atoms with Gasteiger partial charge < -0.3 is 19.5 Å². The molecule has 0 bridgehead atoms. The fraction of sp³-hybridized carbons (Fsp3) is 0.393. The number of thioether (sulfide) groups is 1. The fourth-order valence-corrected chi connectivity index (χ4v) is 6.29. The number of carbonyl (C=O) groups excluding carboxylic acids is 3. The first kappa shape index (κ1) is 25.4. The van der Waals surface area contributed by atoms with Crippen LogP contribution in [0.5, 0.6) is 5.75 Å². The predicted molar refractivity (Wildman–Crippen MR) is 139 cm³/mol. The third kappa shape index (κ3) is 5.38.